The van der Waals surface area contributed by atoms with Crippen LogP contribution in [0.25, 0.3) is 0 Å². The number of hydrogen-bond donors (Lipinski definition) is 0. The molecule has 3 saturated heterocycles. The Morgan fingerprint density at radius 1 is 1.16 bits per heavy atom. The number of nitrogens with zero attached hydrogens (tertiary/aromatic N) is 3. The van der Waals surface area contributed by atoms with Crippen molar-refractivity contribution < 1.29 is 37.2 Å². The molecule has 3 aliphatic heterocycles. The first-order valence-electron chi connectivity index (χ1n) is 11.5. The molecule has 0 N–H and O–H groups in total. The van der Waals surface area contributed by atoms with Gasteiger partial charge in [-0.25, -0.2) is 4.90 Å². The van der Waals surface area contributed by atoms with Crippen LogP contribution in [0.15, 0.2) is 42.5 Å². The van der Waals surface area contributed by atoms with Gasteiger partial charge < -0.3 is 9.47 Å². The molecular weight excluding hydrogens is 495 g/mol. The number of amides is 2. The summed E-state index contributed by atoms with van der Waals surface area (Å²) in [6, 6.07) is 10.1. The van der Waals surface area contributed by atoms with Crippen LogP contribution in [-0.4, -0.2) is 34.5 Å². The van der Waals surface area contributed by atoms with Crippen molar-refractivity contribution in [2.45, 2.75) is 43.6 Å². The molecule has 3 heterocycles. The number of fused-ring (bicyclic) bond motifs is 5. The van der Waals surface area contributed by atoms with Gasteiger partial charge in [0.25, 0.3) is 5.69 Å². The van der Waals surface area contributed by atoms with Gasteiger partial charge in [0.15, 0.2) is 0 Å². The van der Waals surface area contributed by atoms with E-state index in [1.165, 1.54) is 36.4 Å². The second-order valence-corrected chi connectivity index (χ2v) is 9.61. The second-order valence-electron chi connectivity index (χ2n) is 9.61. The van der Waals surface area contributed by atoms with Gasteiger partial charge in [-0.1, -0.05) is 6.07 Å². The quantitative estimate of drug-likeness (QED) is 0.318. The van der Waals surface area contributed by atoms with Crippen LogP contribution in [0, 0.1) is 33.3 Å². The van der Waals surface area contributed by atoms with Gasteiger partial charge in [0.05, 0.1) is 57.5 Å². The van der Waals surface area contributed by atoms with Crippen molar-refractivity contribution in [2.75, 3.05) is 11.5 Å². The molecule has 3 aliphatic rings. The van der Waals surface area contributed by atoms with Crippen LogP contribution in [0.5, 0.6) is 5.75 Å². The summed E-state index contributed by atoms with van der Waals surface area (Å²) < 4.78 is 53.7. The molecule has 37 heavy (non-hydrogen) atoms. The zero-order chi connectivity index (χ0) is 26.8. The van der Waals surface area contributed by atoms with Crippen LogP contribution < -0.4 is 9.64 Å². The second kappa shape index (κ2) is 8.27. The molecular formula is C25H20F3N3O6. The van der Waals surface area contributed by atoms with Crippen molar-refractivity contribution in [3.05, 3.63) is 63.7 Å². The van der Waals surface area contributed by atoms with Gasteiger partial charge in [0, 0.05) is 18.6 Å². The highest BCUT2D eigenvalue weighted by molar-refractivity contribution is 6.23. The van der Waals surface area contributed by atoms with Crippen molar-refractivity contribution >= 4 is 23.2 Å². The monoisotopic (exact) mass is 515 g/mol. The number of alkyl halides is 3. The van der Waals surface area contributed by atoms with Gasteiger partial charge in [-0.2, -0.15) is 18.4 Å². The first-order chi connectivity index (χ1) is 17.4. The van der Waals surface area contributed by atoms with Gasteiger partial charge in [-0.15, -0.1) is 0 Å². The summed E-state index contributed by atoms with van der Waals surface area (Å²) in [7, 11) is 0. The van der Waals surface area contributed by atoms with E-state index in [2.05, 4.69) is 0 Å². The number of nitro benzene ring substituents is 1. The fourth-order valence-electron chi connectivity index (χ4n) is 5.97. The molecule has 3 fully saturated rings. The smallest absolute Gasteiger partial charge is 0.419 e. The van der Waals surface area contributed by atoms with E-state index in [1.807, 2.05) is 0 Å². The number of anilines is 1. The number of hydrogen-bond acceptors (Lipinski definition) is 7. The number of benzene rings is 2. The first-order valence-corrected chi connectivity index (χ1v) is 11.5. The Balaban J connectivity index is 1.44. The summed E-state index contributed by atoms with van der Waals surface area (Å²) in [6.07, 6.45) is -3.94. The number of ether oxygens (including phenoxy) is 2. The van der Waals surface area contributed by atoms with Crippen molar-refractivity contribution in [3.63, 3.8) is 0 Å². The molecule has 0 aliphatic carbocycles. The molecule has 2 aromatic carbocycles. The molecule has 4 unspecified atom stereocenters. The summed E-state index contributed by atoms with van der Waals surface area (Å²) in [5.41, 5.74) is -4.92. The lowest BCUT2D eigenvalue weighted by atomic mass is 9.67. The van der Waals surface area contributed by atoms with Crippen LogP contribution in [0.4, 0.5) is 24.5 Å². The summed E-state index contributed by atoms with van der Waals surface area (Å²) in [5, 5.41) is 20.1. The minimum atomic E-state index is -4.96. The summed E-state index contributed by atoms with van der Waals surface area (Å²) >= 11 is 0. The van der Waals surface area contributed by atoms with Crippen LogP contribution in [-0.2, 0) is 20.5 Å². The number of rotatable bonds is 6. The lowest BCUT2D eigenvalue weighted by molar-refractivity contribution is -0.384. The number of nitriles is 1. The summed E-state index contributed by atoms with van der Waals surface area (Å²) in [4.78, 5) is 38.0. The fourth-order valence-corrected chi connectivity index (χ4v) is 5.97. The van der Waals surface area contributed by atoms with Gasteiger partial charge in [0.2, 0.25) is 11.8 Å². The Labute approximate surface area is 208 Å². The van der Waals surface area contributed by atoms with Crippen LogP contribution in [0.2, 0.25) is 0 Å². The van der Waals surface area contributed by atoms with Crippen molar-refractivity contribution in [1.29, 1.82) is 5.26 Å². The van der Waals surface area contributed by atoms with Gasteiger partial charge >= 0.3 is 6.18 Å². The third-order valence-electron chi connectivity index (χ3n) is 7.54. The van der Waals surface area contributed by atoms with E-state index < -0.39 is 62.8 Å². The zero-order valence-electron chi connectivity index (χ0n) is 19.4. The number of carbonyl (C=O) groups excluding carboxylic acids is 2. The Kier molecular flexibility index (Phi) is 5.52. The molecule has 12 heteroatoms. The number of carbonyl (C=O) groups is 2. The standard InChI is InChI=1S/C25H20F3N3O6/c1-23-9-10-24(37-23,11-12-36-16-7-5-15(6-8-16)31(34)35)20-19(23)21(32)30(22(20)33)17-4-2-3-14(13-29)18(17)25(26,27)28/h2-8,19-20H,9-12H2,1H3. The molecule has 0 aromatic heterocycles. The van der Waals surface area contributed by atoms with E-state index in [0.717, 1.165) is 12.1 Å². The number of imide groups is 1. The molecule has 4 atom stereocenters. The van der Waals surface area contributed by atoms with Crippen molar-refractivity contribution in [2.24, 2.45) is 11.8 Å². The zero-order valence-corrected chi connectivity index (χ0v) is 19.4. The number of non-ortho nitro benzene ring substituents is 1. The molecule has 0 saturated carbocycles. The molecule has 2 amide bonds. The van der Waals surface area contributed by atoms with Crippen LogP contribution in [0.3, 0.4) is 0 Å². The predicted molar refractivity (Wildman–Crippen MR) is 120 cm³/mol. The van der Waals surface area contributed by atoms with E-state index in [-0.39, 0.29) is 18.7 Å². The minimum Gasteiger partial charge on any atom is -0.493 e. The fraction of sp³-hybridized carbons (Fsp3) is 0.400. The molecule has 5 rings (SSSR count). The third kappa shape index (κ3) is 3.72. The average Bonchev–Trinajstić information content (AvgIpc) is 3.42. The summed E-state index contributed by atoms with van der Waals surface area (Å²) in [6.45, 7) is 1.73. The molecule has 9 nitrogen and oxygen atoms in total. The van der Waals surface area contributed by atoms with Gasteiger partial charge in [0.1, 0.15) is 5.75 Å². The van der Waals surface area contributed by atoms with Crippen molar-refractivity contribution in [3.8, 4) is 11.8 Å². The number of nitro groups is 1. The van der Waals surface area contributed by atoms with Gasteiger partial charge in [-0.3, -0.25) is 19.7 Å². The van der Waals surface area contributed by atoms with Crippen molar-refractivity contribution in [1.82, 2.24) is 0 Å². The Bertz CT molecular complexity index is 1350. The summed E-state index contributed by atoms with van der Waals surface area (Å²) in [5.74, 6) is -3.20. The van der Waals surface area contributed by atoms with E-state index >= 15 is 0 Å². The molecule has 192 valence electrons. The normalized spacial score (nSPS) is 28.4. The molecule has 2 aromatic rings. The Morgan fingerprint density at radius 3 is 2.46 bits per heavy atom. The third-order valence-corrected chi connectivity index (χ3v) is 7.54. The van der Waals surface area contributed by atoms with Crippen LogP contribution in [0.1, 0.15) is 37.3 Å². The van der Waals surface area contributed by atoms with Crippen LogP contribution >= 0.6 is 0 Å². The Morgan fingerprint density at radius 2 is 1.84 bits per heavy atom. The van der Waals surface area contributed by atoms with E-state index in [0.29, 0.717) is 23.5 Å². The van der Waals surface area contributed by atoms with Gasteiger partial charge in [-0.05, 0) is 44.0 Å². The lowest BCUT2D eigenvalue weighted by Crippen LogP contribution is -2.43. The van der Waals surface area contributed by atoms with E-state index in [9.17, 15) is 38.1 Å². The Hall–Kier alpha value is -3.98. The highest BCUT2D eigenvalue weighted by Crippen LogP contribution is 2.62. The van der Waals surface area contributed by atoms with E-state index in [1.54, 1.807) is 6.92 Å². The maximum atomic E-state index is 13.9. The molecule has 0 spiro atoms. The highest BCUT2D eigenvalue weighted by atomic mass is 19.4. The maximum Gasteiger partial charge on any atom is 0.419 e. The highest BCUT2D eigenvalue weighted by Gasteiger charge is 2.74. The first kappa shape index (κ1) is 24.7. The lowest BCUT2D eigenvalue weighted by Gasteiger charge is -2.31. The minimum absolute atomic E-state index is 0.0519. The predicted octanol–water partition coefficient (Wildman–Crippen LogP) is 4.38. The number of halogens is 3. The largest absolute Gasteiger partial charge is 0.493 e. The topological polar surface area (TPSA) is 123 Å². The van der Waals surface area contributed by atoms with E-state index in [4.69, 9.17) is 9.47 Å². The maximum absolute atomic E-state index is 13.9. The average molecular weight is 515 g/mol. The molecule has 0 radical (unpaired) electrons. The molecule has 2 bridgehead atoms. The SMILES string of the molecule is CC12CCC(CCOc3ccc([N+](=O)[O-])cc3)(O1)C1C(=O)N(c3cccc(C#N)c3C(F)(F)F)C(=O)C12.